The summed E-state index contributed by atoms with van der Waals surface area (Å²) in [4.78, 5) is 19.1. The lowest BCUT2D eigenvalue weighted by atomic mass is 10.1. The maximum absolute atomic E-state index is 13.8. The number of pyridine rings is 1. The van der Waals surface area contributed by atoms with Gasteiger partial charge >= 0.3 is 6.18 Å². The van der Waals surface area contributed by atoms with Crippen molar-refractivity contribution in [2.75, 3.05) is 67.2 Å². The van der Waals surface area contributed by atoms with Crippen LogP contribution in [0.15, 0.2) is 42.6 Å². The van der Waals surface area contributed by atoms with Crippen molar-refractivity contribution in [1.29, 1.82) is 0 Å². The summed E-state index contributed by atoms with van der Waals surface area (Å²) in [6.07, 6.45) is -3.11. The topological polar surface area (TPSA) is 57.6 Å². The highest BCUT2D eigenvalue weighted by molar-refractivity contribution is 6.31. The predicted molar refractivity (Wildman–Crippen MR) is 129 cm³/mol. The van der Waals surface area contributed by atoms with Crippen LogP contribution in [-0.4, -0.2) is 67.4 Å². The highest BCUT2D eigenvalue weighted by Crippen LogP contribution is 2.36. The molecule has 0 saturated carbocycles. The Kier molecular flexibility index (Phi) is 6.85. The highest BCUT2D eigenvalue weighted by atomic mass is 35.5. The molecule has 0 amide bonds. The maximum atomic E-state index is 13.8. The van der Waals surface area contributed by atoms with Gasteiger partial charge in [0, 0.05) is 57.1 Å². The molecule has 0 radical (unpaired) electrons. The molecular weight excluding hydrogens is 500 g/mol. The van der Waals surface area contributed by atoms with Crippen LogP contribution < -0.4 is 14.7 Å². The number of anilines is 3. The molecule has 0 aliphatic carbocycles. The average Bonchev–Trinajstić information content (AvgIpc) is 2.90. The molecule has 2 aliphatic heterocycles. The van der Waals surface area contributed by atoms with Crippen LogP contribution in [-0.2, 0) is 10.9 Å². The second-order valence-corrected chi connectivity index (χ2v) is 8.89. The fourth-order valence-corrected chi connectivity index (χ4v) is 4.49. The molecule has 5 rings (SSSR count). The summed E-state index contributed by atoms with van der Waals surface area (Å²) in [6, 6.07) is 8.55. The second kappa shape index (κ2) is 10.1. The second-order valence-electron chi connectivity index (χ2n) is 8.49. The number of ether oxygens (including phenoxy) is 1. The van der Waals surface area contributed by atoms with E-state index in [1.807, 2.05) is 9.80 Å². The van der Waals surface area contributed by atoms with Crippen LogP contribution in [0.1, 0.15) is 5.56 Å². The molecule has 4 heterocycles. The molecule has 2 aromatic heterocycles. The Morgan fingerprint density at radius 1 is 0.861 bits per heavy atom. The first-order chi connectivity index (χ1) is 17.3. The highest BCUT2D eigenvalue weighted by Gasteiger charge is 2.36. The van der Waals surface area contributed by atoms with E-state index in [2.05, 4.69) is 4.98 Å². The predicted octanol–water partition coefficient (Wildman–Crippen LogP) is 4.51. The summed E-state index contributed by atoms with van der Waals surface area (Å²) in [7, 11) is 0. The monoisotopic (exact) mass is 522 g/mol. The van der Waals surface area contributed by atoms with Crippen LogP contribution >= 0.6 is 11.6 Å². The molecule has 0 N–H and O–H groups in total. The van der Waals surface area contributed by atoms with Gasteiger partial charge in [-0.2, -0.15) is 18.2 Å². The average molecular weight is 523 g/mol. The molecule has 2 saturated heterocycles. The van der Waals surface area contributed by atoms with Crippen molar-refractivity contribution in [3.05, 3.63) is 59.0 Å². The zero-order valence-electron chi connectivity index (χ0n) is 19.2. The van der Waals surface area contributed by atoms with Gasteiger partial charge in [0.15, 0.2) is 0 Å². The number of nitrogens with zero attached hydrogens (tertiary/aromatic N) is 6. The Morgan fingerprint density at radius 2 is 1.58 bits per heavy atom. The lowest BCUT2D eigenvalue weighted by molar-refractivity contribution is -0.137. The van der Waals surface area contributed by atoms with E-state index in [-0.39, 0.29) is 10.8 Å². The largest absolute Gasteiger partial charge is 0.419 e. The van der Waals surface area contributed by atoms with E-state index in [9.17, 15) is 17.6 Å². The van der Waals surface area contributed by atoms with E-state index in [1.165, 1.54) is 24.4 Å². The third-order valence-corrected chi connectivity index (χ3v) is 6.50. The summed E-state index contributed by atoms with van der Waals surface area (Å²) in [5.41, 5.74) is 0.474. The van der Waals surface area contributed by atoms with Crippen LogP contribution in [0.4, 0.5) is 35.1 Å². The van der Waals surface area contributed by atoms with Gasteiger partial charge in [-0.25, -0.2) is 14.4 Å². The lowest BCUT2D eigenvalue weighted by Crippen LogP contribution is -2.48. The summed E-state index contributed by atoms with van der Waals surface area (Å²) in [5.74, 6) is 0.561. The van der Waals surface area contributed by atoms with E-state index in [4.69, 9.17) is 26.3 Å². The number of benzene rings is 1. The van der Waals surface area contributed by atoms with Gasteiger partial charge in [-0.3, -0.25) is 0 Å². The van der Waals surface area contributed by atoms with Crippen molar-refractivity contribution in [3.63, 3.8) is 0 Å². The van der Waals surface area contributed by atoms with E-state index >= 15 is 0 Å². The van der Waals surface area contributed by atoms with Crippen molar-refractivity contribution < 1.29 is 22.3 Å². The zero-order chi connectivity index (χ0) is 25.3. The minimum absolute atomic E-state index is 0.00923. The molecule has 190 valence electrons. The fourth-order valence-electron chi connectivity index (χ4n) is 4.31. The SMILES string of the molecule is Fc1ccc(-c2cc(N3CCN(c4ncccc4C(F)(F)F)CC3)nc(N3CCOCC3)n2)cc1Cl. The van der Waals surface area contributed by atoms with Crippen LogP contribution in [0.3, 0.4) is 0 Å². The van der Waals surface area contributed by atoms with Crippen LogP contribution in [0.25, 0.3) is 11.3 Å². The molecule has 0 atom stereocenters. The normalized spacial score (nSPS) is 17.0. The van der Waals surface area contributed by atoms with Crippen molar-refractivity contribution in [2.45, 2.75) is 6.18 Å². The Balaban J connectivity index is 1.43. The number of aromatic nitrogens is 3. The molecule has 1 aromatic carbocycles. The third-order valence-electron chi connectivity index (χ3n) is 6.21. The number of hydrogen-bond acceptors (Lipinski definition) is 7. The number of alkyl halides is 3. The van der Waals surface area contributed by atoms with Gasteiger partial charge in [-0.15, -0.1) is 0 Å². The molecule has 0 unspecified atom stereocenters. The fraction of sp³-hybridized carbons (Fsp3) is 0.375. The quantitative estimate of drug-likeness (QED) is 0.467. The maximum Gasteiger partial charge on any atom is 0.419 e. The molecule has 3 aromatic rings. The van der Waals surface area contributed by atoms with Crippen LogP contribution in [0.2, 0.25) is 5.02 Å². The van der Waals surface area contributed by atoms with Crippen LogP contribution in [0.5, 0.6) is 0 Å². The van der Waals surface area contributed by atoms with E-state index in [0.29, 0.717) is 75.5 Å². The Labute approximate surface area is 210 Å². The minimum Gasteiger partial charge on any atom is -0.378 e. The van der Waals surface area contributed by atoms with Gasteiger partial charge in [-0.1, -0.05) is 11.6 Å². The number of rotatable bonds is 4. The molecule has 7 nitrogen and oxygen atoms in total. The van der Waals surface area contributed by atoms with Gasteiger partial charge < -0.3 is 19.4 Å². The minimum atomic E-state index is -4.48. The first-order valence-corrected chi connectivity index (χ1v) is 11.9. The molecule has 2 fully saturated rings. The Bertz CT molecular complexity index is 1230. The summed E-state index contributed by atoms with van der Waals surface area (Å²) in [5, 5.41) is -0.00923. The number of hydrogen-bond donors (Lipinski definition) is 0. The number of halogens is 5. The molecule has 2 aliphatic rings. The first-order valence-electron chi connectivity index (χ1n) is 11.5. The molecule has 0 bridgehead atoms. The zero-order valence-corrected chi connectivity index (χ0v) is 19.9. The van der Waals surface area contributed by atoms with E-state index < -0.39 is 17.6 Å². The van der Waals surface area contributed by atoms with Crippen molar-refractivity contribution in [1.82, 2.24) is 15.0 Å². The van der Waals surface area contributed by atoms with Gasteiger partial charge in [0.1, 0.15) is 17.5 Å². The van der Waals surface area contributed by atoms with Gasteiger partial charge in [0.05, 0.1) is 29.5 Å². The Morgan fingerprint density at radius 3 is 2.28 bits per heavy atom. The Hall–Kier alpha value is -3.18. The molecule has 12 heteroatoms. The van der Waals surface area contributed by atoms with E-state index in [0.717, 1.165) is 6.07 Å². The standard InChI is InChI=1S/C24H23ClF4N6O/c25-18-14-16(3-4-19(18)26)20-15-21(32-23(31-20)35-10-12-36-13-11-35)33-6-8-34(9-7-33)22-17(24(27,28)29)2-1-5-30-22/h1-5,14-15H,6-13H2. The molecular formula is C24H23ClF4N6O. The summed E-state index contributed by atoms with van der Waals surface area (Å²) in [6.45, 7) is 3.92. The van der Waals surface area contributed by atoms with Gasteiger partial charge in [0.25, 0.3) is 0 Å². The van der Waals surface area contributed by atoms with Gasteiger partial charge in [0.2, 0.25) is 5.95 Å². The first kappa shape index (κ1) is 24.5. The number of piperazine rings is 1. The summed E-state index contributed by atoms with van der Waals surface area (Å²) < 4.78 is 59.7. The van der Waals surface area contributed by atoms with Gasteiger partial charge in [-0.05, 0) is 30.3 Å². The smallest absolute Gasteiger partial charge is 0.378 e. The van der Waals surface area contributed by atoms with Crippen molar-refractivity contribution >= 4 is 29.2 Å². The van der Waals surface area contributed by atoms with Crippen molar-refractivity contribution in [2.24, 2.45) is 0 Å². The van der Waals surface area contributed by atoms with Crippen molar-refractivity contribution in [3.8, 4) is 11.3 Å². The third kappa shape index (κ3) is 5.17. The molecule has 36 heavy (non-hydrogen) atoms. The van der Waals surface area contributed by atoms with Crippen LogP contribution in [0, 0.1) is 5.82 Å². The summed E-state index contributed by atoms with van der Waals surface area (Å²) >= 11 is 6.01. The number of morpholine rings is 1. The lowest BCUT2D eigenvalue weighted by Gasteiger charge is -2.37. The molecule has 0 spiro atoms. The van der Waals surface area contributed by atoms with E-state index in [1.54, 1.807) is 17.0 Å².